The summed E-state index contributed by atoms with van der Waals surface area (Å²) >= 11 is 0. The van der Waals surface area contributed by atoms with Crippen molar-refractivity contribution >= 4 is 11.8 Å². The molecular weight excluding hydrogens is 536 g/mol. The summed E-state index contributed by atoms with van der Waals surface area (Å²) in [5.74, 6) is 4.06. The summed E-state index contributed by atoms with van der Waals surface area (Å²) in [4.78, 5) is 24.0. The highest BCUT2D eigenvalue weighted by atomic mass is 16.5. The van der Waals surface area contributed by atoms with Gasteiger partial charge in [-0.1, -0.05) is 72.6 Å². The molecule has 6 nitrogen and oxygen atoms in total. The molecule has 0 saturated carbocycles. The molecule has 0 aliphatic carbocycles. The minimum atomic E-state index is -0.173. The highest BCUT2D eigenvalue weighted by Gasteiger charge is 2.34. The van der Waals surface area contributed by atoms with E-state index in [4.69, 9.17) is 9.47 Å². The summed E-state index contributed by atoms with van der Waals surface area (Å²) in [6.07, 6.45) is 14.7. The van der Waals surface area contributed by atoms with Gasteiger partial charge in [-0.05, 0) is 101 Å². The van der Waals surface area contributed by atoms with Crippen LogP contribution in [0.15, 0.2) is 0 Å². The summed E-state index contributed by atoms with van der Waals surface area (Å²) in [6, 6.07) is -0.0944. The molecule has 1 aliphatic rings. The molecule has 43 heavy (non-hydrogen) atoms. The SMILES string of the molecule is CNC(=O)CC[C@@H](C)NC(=O)COc1c(C)c(C)c2c(c1C)CC[C@@](C)(CCC[C@H](C)CCC[C@H](C)CCCC(C)C)O2. The van der Waals surface area contributed by atoms with Crippen molar-refractivity contribution in [1.29, 1.82) is 0 Å². The molecule has 2 rings (SSSR count). The highest BCUT2D eigenvalue weighted by molar-refractivity contribution is 5.78. The summed E-state index contributed by atoms with van der Waals surface area (Å²) in [5, 5.41) is 5.55. The van der Waals surface area contributed by atoms with Crippen LogP contribution in [0, 0.1) is 38.5 Å². The second-order valence-electron chi connectivity index (χ2n) is 14.4. The van der Waals surface area contributed by atoms with Crippen LogP contribution < -0.4 is 20.1 Å². The predicted octanol–water partition coefficient (Wildman–Crippen LogP) is 8.54. The van der Waals surface area contributed by atoms with Gasteiger partial charge in [-0.3, -0.25) is 9.59 Å². The van der Waals surface area contributed by atoms with E-state index in [-0.39, 0.29) is 30.1 Å². The van der Waals surface area contributed by atoms with Crippen LogP contribution in [-0.2, 0) is 16.0 Å². The van der Waals surface area contributed by atoms with E-state index in [0.717, 1.165) is 65.2 Å². The molecule has 2 N–H and O–H groups in total. The maximum atomic E-state index is 12.6. The summed E-state index contributed by atoms with van der Waals surface area (Å²) < 4.78 is 12.9. The number of carbonyl (C=O) groups excluding carboxylic acids is 2. The number of hydrogen-bond donors (Lipinski definition) is 2. The number of fused-ring (bicyclic) bond motifs is 1. The van der Waals surface area contributed by atoms with E-state index in [9.17, 15) is 9.59 Å². The molecule has 0 saturated heterocycles. The number of benzene rings is 1. The van der Waals surface area contributed by atoms with Crippen molar-refractivity contribution in [3.05, 3.63) is 22.3 Å². The van der Waals surface area contributed by atoms with Crippen LogP contribution in [0.2, 0.25) is 0 Å². The maximum absolute atomic E-state index is 12.6. The molecule has 0 bridgehead atoms. The highest BCUT2D eigenvalue weighted by Crippen LogP contribution is 2.45. The third kappa shape index (κ3) is 12.3. The molecule has 0 aromatic heterocycles. The van der Waals surface area contributed by atoms with Gasteiger partial charge in [-0.25, -0.2) is 0 Å². The summed E-state index contributed by atoms with van der Waals surface area (Å²) in [5.41, 5.74) is 4.29. The van der Waals surface area contributed by atoms with Gasteiger partial charge in [0, 0.05) is 25.1 Å². The Bertz CT molecular complexity index is 1040. The molecular formula is C37H64N2O4. The number of hydrogen-bond acceptors (Lipinski definition) is 4. The van der Waals surface area contributed by atoms with E-state index in [1.807, 2.05) is 6.92 Å². The van der Waals surface area contributed by atoms with Crippen LogP contribution >= 0.6 is 0 Å². The molecule has 0 radical (unpaired) electrons. The number of rotatable bonds is 19. The zero-order valence-corrected chi connectivity index (χ0v) is 29.3. The Morgan fingerprint density at radius 2 is 1.44 bits per heavy atom. The molecule has 0 spiro atoms. The molecule has 0 unspecified atom stereocenters. The lowest BCUT2D eigenvalue weighted by Gasteiger charge is -2.38. The first-order valence-corrected chi connectivity index (χ1v) is 17.2. The Morgan fingerprint density at radius 3 is 2.05 bits per heavy atom. The van der Waals surface area contributed by atoms with Crippen molar-refractivity contribution in [2.75, 3.05) is 13.7 Å². The van der Waals surface area contributed by atoms with Crippen LogP contribution in [0.5, 0.6) is 11.5 Å². The fourth-order valence-corrected chi connectivity index (χ4v) is 6.48. The topological polar surface area (TPSA) is 76.7 Å². The monoisotopic (exact) mass is 600 g/mol. The first kappa shape index (κ1) is 36.9. The van der Waals surface area contributed by atoms with Gasteiger partial charge in [-0.2, -0.15) is 0 Å². The van der Waals surface area contributed by atoms with E-state index >= 15 is 0 Å². The van der Waals surface area contributed by atoms with E-state index in [1.54, 1.807) is 7.05 Å². The van der Waals surface area contributed by atoms with Crippen LogP contribution in [0.4, 0.5) is 0 Å². The van der Waals surface area contributed by atoms with Crippen molar-refractivity contribution < 1.29 is 19.1 Å². The zero-order valence-electron chi connectivity index (χ0n) is 29.3. The van der Waals surface area contributed by atoms with Crippen LogP contribution in [-0.4, -0.2) is 37.1 Å². The van der Waals surface area contributed by atoms with Gasteiger partial charge < -0.3 is 20.1 Å². The zero-order chi connectivity index (χ0) is 32.2. The molecule has 1 aromatic rings. The number of amides is 2. The lowest BCUT2D eigenvalue weighted by Crippen LogP contribution is -2.38. The van der Waals surface area contributed by atoms with Crippen LogP contribution in [0.3, 0.4) is 0 Å². The van der Waals surface area contributed by atoms with Gasteiger partial charge in [0.05, 0.1) is 0 Å². The molecule has 6 heteroatoms. The number of nitrogens with one attached hydrogen (secondary N) is 2. The van der Waals surface area contributed by atoms with Gasteiger partial charge >= 0.3 is 0 Å². The van der Waals surface area contributed by atoms with E-state index < -0.39 is 0 Å². The Kier molecular flexibility index (Phi) is 15.4. The summed E-state index contributed by atoms with van der Waals surface area (Å²) in [7, 11) is 1.62. The average molecular weight is 601 g/mol. The lowest BCUT2D eigenvalue weighted by molar-refractivity contribution is -0.124. The quantitative estimate of drug-likeness (QED) is 0.167. The van der Waals surface area contributed by atoms with Gasteiger partial charge in [0.15, 0.2) is 6.61 Å². The van der Waals surface area contributed by atoms with E-state index in [2.05, 4.69) is 66.0 Å². The molecule has 4 atom stereocenters. The van der Waals surface area contributed by atoms with Crippen molar-refractivity contribution in [3.63, 3.8) is 0 Å². The van der Waals surface area contributed by atoms with E-state index in [1.165, 1.54) is 56.9 Å². The van der Waals surface area contributed by atoms with Crippen LogP contribution in [0.1, 0.15) is 141 Å². The smallest absolute Gasteiger partial charge is 0.258 e. The van der Waals surface area contributed by atoms with Gasteiger partial charge in [0.2, 0.25) is 5.91 Å². The third-order valence-corrected chi connectivity index (χ3v) is 9.68. The Morgan fingerprint density at radius 1 is 0.837 bits per heavy atom. The molecule has 2 amide bonds. The van der Waals surface area contributed by atoms with Gasteiger partial charge in [-0.15, -0.1) is 0 Å². The van der Waals surface area contributed by atoms with Gasteiger partial charge in [0.1, 0.15) is 17.1 Å². The normalized spacial score (nSPS) is 18.4. The Labute approximate surface area is 263 Å². The molecule has 1 aromatic carbocycles. The minimum absolute atomic E-state index is 0.0238. The predicted molar refractivity (Wildman–Crippen MR) is 179 cm³/mol. The van der Waals surface area contributed by atoms with Crippen LogP contribution in [0.25, 0.3) is 0 Å². The standard InChI is InChI=1S/C37H64N2O4/c1-25(2)14-11-15-26(3)16-12-17-27(4)18-13-22-37(9)23-21-32-31(8)35(29(6)30(7)36(32)43-37)42-24-34(41)39-28(5)19-20-33(40)38-10/h25-28H,11-24H2,1-10H3,(H,38,40)(H,39,41)/t26-,27-,28-,37-/m1/s1. The fraction of sp³-hybridized carbons (Fsp3) is 0.784. The molecule has 1 aliphatic heterocycles. The molecule has 246 valence electrons. The minimum Gasteiger partial charge on any atom is -0.487 e. The first-order chi connectivity index (χ1) is 20.3. The lowest BCUT2D eigenvalue weighted by atomic mass is 9.83. The Hall–Kier alpha value is -2.24. The third-order valence-electron chi connectivity index (χ3n) is 9.68. The first-order valence-electron chi connectivity index (χ1n) is 17.2. The van der Waals surface area contributed by atoms with Gasteiger partial charge in [0.25, 0.3) is 5.91 Å². The number of carbonyl (C=O) groups is 2. The van der Waals surface area contributed by atoms with E-state index in [0.29, 0.717) is 12.8 Å². The summed E-state index contributed by atoms with van der Waals surface area (Å²) in [6.45, 7) is 19.9. The molecule has 1 heterocycles. The second kappa shape index (κ2) is 17.9. The maximum Gasteiger partial charge on any atom is 0.258 e. The van der Waals surface area contributed by atoms with Crippen molar-refractivity contribution in [2.45, 2.75) is 157 Å². The van der Waals surface area contributed by atoms with Crippen molar-refractivity contribution in [2.24, 2.45) is 17.8 Å². The second-order valence-corrected chi connectivity index (χ2v) is 14.4. The molecule has 0 fully saturated rings. The largest absolute Gasteiger partial charge is 0.487 e. The Balaban J connectivity index is 1.85. The van der Waals surface area contributed by atoms with Crippen molar-refractivity contribution in [1.82, 2.24) is 10.6 Å². The number of ether oxygens (including phenoxy) is 2. The average Bonchev–Trinajstić information content (AvgIpc) is 2.94. The van der Waals surface area contributed by atoms with Crippen molar-refractivity contribution in [3.8, 4) is 11.5 Å². The fourth-order valence-electron chi connectivity index (χ4n) is 6.48.